The van der Waals surface area contributed by atoms with Crippen molar-refractivity contribution in [3.05, 3.63) is 83.2 Å². The number of benzene rings is 2. The summed E-state index contributed by atoms with van der Waals surface area (Å²) in [7, 11) is 3.03. The van der Waals surface area contributed by atoms with Crippen LogP contribution >= 0.6 is 0 Å². The van der Waals surface area contributed by atoms with Gasteiger partial charge in [-0.15, -0.1) is 0 Å². The molecule has 0 saturated carbocycles. The van der Waals surface area contributed by atoms with E-state index in [1.54, 1.807) is 31.4 Å². The van der Waals surface area contributed by atoms with Crippen LogP contribution in [0.3, 0.4) is 0 Å². The summed E-state index contributed by atoms with van der Waals surface area (Å²) in [5.41, 5.74) is 2.18. The number of ether oxygens (including phenoxy) is 4. The number of carbonyl (C=O) groups excluding carboxylic acids is 1. The fourth-order valence-corrected chi connectivity index (χ4v) is 4.81. The van der Waals surface area contributed by atoms with E-state index in [0.717, 1.165) is 24.5 Å². The van der Waals surface area contributed by atoms with Crippen molar-refractivity contribution in [2.45, 2.75) is 50.9 Å². The maximum atomic E-state index is 12.2. The Morgan fingerprint density at radius 1 is 1.00 bits per heavy atom. The number of hydrogen-bond acceptors (Lipinski definition) is 7. The molecule has 0 bridgehead atoms. The predicted molar refractivity (Wildman–Crippen MR) is 147 cm³/mol. The van der Waals surface area contributed by atoms with Crippen molar-refractivity contribution in [3.8, 4) is 23.0 Å². The summed E-state index contributed by atoms with van der Waals surface area (Å²) in [6, 6.07) is 10.2. The Morgan fingerprint density at radius 3 is 2.29 bits per heavy atom. The van der Waals surface area contributed by atoms with Crippen molar-refractivity contribution in [2.75, 3.05) is 14.2 Å². The van der Waals surface area contributed by atoms with Crippen molar-refractivity contribution in [1.29, 1.82) is 0 Å². The Balaban J connectivity index is 1.42. The number of allylic oxidation sites excluding steroid dienone is 3. The Morgan fingerprint density at radius 2 is 1.63 bits per heavy atom. The number of epoxide rings is 1. The molecule has 38 heavy (non-hydrogen) atoms. The van der Waals surface area contributed by atoms with Crippen LogP contribution in [0.15, 0.2) is 72.0 Å². The second-order valence-electron chi connectivity index (χ2n) is 10.1. The first-order chi connectivity index (χ1) is 18.1. The summed E-state index contributed by atoms with van der Waals surface area (Å²) in [6.07, 6.45) is 10.8. The summed E-state index contributed by atoms with van der Waals surface area (Å²) >= 11 is 0. The minimum absolute atomic E-state index is 0.0147. The smallest absolute Gasteiger partial charge is 0.182 e. The molecule has 2 aromatic rings. The molecule has 2 atom stereocenters. The molecule has 2 aliphatic rings. The molecule has 2 unspecified atom stereocenters. The zero-order valence-corrected chi connectivity index (χ0v) is 22.4. The molecule has 0 aromatic heterocycles. The van der Waals surface area contributed by atoms with Crippen molar-refractivity contribution < 1.29 is 34.0 Å². The van der Waals surface area contributed by atoms with Gasteiger partial charge in [0.25, 0.3) is 0 Å². The molecule has 2 N–H and O–H groups in total. The number of aliphatic hydroxyl groups is 1. The van der Waals surface area contributed by atoms with Gasteiger partial charge in [-0.3, -0.25) is 4.79 Å². The van der Waals surface area contributed by atoms with Crippen LogP contribution in [-0.4, -0.2) is 47.5 Å². The topological polar surface area (TPSA) is 97.8 Å². The number of carbonyl (C=O) groups is 1. The third-order valence-corrected chi connectivity index (χ3v) is 6.99. The lowest BCUT2D eigenvalue weighted by Gasteiger charge is -2.31. The van der Waals surface area contributed by atoms with Crippen LogP contribution in [0.25, 0.3) is 12.2 Å². The highest BCUT2D eigenvalue weighted by Gasteiger charge is 2.69. The molecule has 4 rings (SSSR count). The molecule has 1 fully saturated rings. The highest BCUT2D eigenvalue weighted by molar-refractivity contribution is 6.02. The van der Waals surface area contributed by atoms with E-state index in [2.05, 4.69) is 26.8 Å². The third kappa shape index (κ3) is 5.78. The summed E-state index contributed by atoms with van der Waals surface area (Å²) in [4.78, 5) is 12.2. The lowest BCUT2D eigenvalue weighted by molar-refractivity contribution is -0.110. The third-order valence-electron chi connectivity index (χ3n) is 6.99. The molecule has 7 nitrogen and oxygen atoms in total. The monoisotopic (exact) mass is 518 g/mol. The average Bonchev–Trinajstić information content (AvgIpc) is 3.43. The second-order valence-corrected chi connectivity index (χ2v) is 10.1. The Hall–Kier alpha value is -3.97. The molecule has 1 heterocycles. The van der Waals surface area contributed by atoms with Crippen LogP contribution in [-0.2, 0) is 9.53 Å². The number of ketones is 1. The minimum Gasteiger partial charge on any atom is -0.508 e. The molecule has 1 saturated heterocycles. The van der Waals surface area contributed by atoms with Crippen LogP contribution in [0.4, 0.5) is 0 Å². The molecular weight excluding hydrogens is 484 g/mol. The SMILES string of the molecule is COc1cc(C=CC(=O)C=C(O)C=Cc2ccc(OC3CC=C(C)CC34OC4(C)C)c(OC)c2)ccc1O. The molecule has 0 radical (unpaired) electrons. The number of aromatic hydroxyl groups is 1. The molecule has 7 heteroatoms. The van der Waals surface area contributed by atoms with E-state index in [1.165, 1.54) is 30.9 Å². The Labute approximate surface area is 223 Å². The number of phenols is 1. The van der Waals surface area contributed by atoms with Gasteiger partial charge in [0, 0.05) is 18.9 Å². The van der Waals surface area contributed by atoms with Gasteiger partial charge in [0.15, 0.2) is 28.8 Å². The Bertz CT molecular complexity index is 1330. The fraction of sp³-hybridized carbons (Fsp3) is 0.323. The van der Waals surface area contributed by atoms with E-state index in [1.807, 2.05) is 18.2 Å². The second kappa shape index (κ2) is 10.8. The molecule has 200 valence electrons. The summed E-state index contributed by atoms with van der Waals surface area (Å²) in [5, 5.41) is 19.9. The van der Waals surface area contributed by atoms with Gasteiger partial charge in [0.1, 0.15) is 17.5 Å². The lowest BCUT2D eigenvalue weighted by atomic mass is 9.79. The van der Waals surface area contributed by atoms with Gasteiger partial charge in [-0.2, -0.15) is 0 Å². The highest BCUT2D eigenvalue weighted by Crippen LogP contribution is 2.57. The summed E-state index contributed by atoms with van der Waals surface area (Å²) in [5.74, 6) is 0.930. The van der Waals surface area contributed by atoms with E-state index in [-0.39, 0.29) is 28.8 Å². The van der Waals surface area contributed by atoms with Gasteiger partial charge in [-0.1, -0.05) is 35.9 Å². The van der Waals surface area contributed by atoms with Crippen LogP contribution < -0.4 is 14.2 Å². The normalized spacial score (nSPS) is 22.5. The predicted octanol–water partition coefficient (Wildman–Crippen LogP) is 6.18. The van der Waals surface area contributed by atoms with E-state index >= 15 is 0 Å². The van der Waals surface area contributed by atoms with Crippen LogP contribution in [0.2, 0.25) is 0 Å². The molecule has 1 aliphatic carbocycles. The molecule has 2 aromatic carbocycles. The van der Waals surface area contributed by atoms with E-state index < -0.39 is 5.78 Å². The van der Waals surface area contributed by atoms with Crippen LogP contribution in [0.5, 0.6) is 23.0 Å². The Kier molecular flexibility index (Phi) is 7.69. The van der Waals surface area contributed by atoms with Crippen LogP contribution in [0, 0.1) is 0 Å². The first-order valence-corrected chi connectivity index (χ1v) is 12.4. The van der Waals surface area contributed by atoms with Gasteiger partial charge in [-0.25, -0.2) is 0 Å². The molecular formula is C31H34O7. The van der Waals surface area contributed by atoms with Crippen molar-refractivity contribution >= 4 is 17.9 Å². The summed E-state index contributed by atoms with van der Waals surface area (Å²) in [6.45, 7) is 6.31. The minimum atomic E-state index is -0.392. The van der Waals surface area contributed by atoms with Gasteiger partial charge >= 0.3 is 0 Å². The highest BCUT2D eigenvalue weighted by atomic mass is 16.7. The number of aliphatic hydroxyl groups excluding tert-OH is 1. The zero-order chi connectivity index (χ0) is 27.5. The molecule has 0 amide bonds. The van der Waals surface area contributed by atoms with E-state index in [4.69, 9.17) is 18.9 Å². The van der Waals surface area contributed by atoms with Crippen molar-refractivity contribution in [3.63, 3.8) is 0 Å². The molecule has 1 aliphatic heterocycles. The van der Waals surface area contributed by atoms with Crippen LogP contribution in [0.1, 0.15) is 44.7 Å². The van der Waals surface area contributed by atoms with E-state index in [0.29, 0.717) is 22.8 Å². The standard InChI is InChI=1S/C31H34O7/c1-20-6-15-29(31(19-20)30(2,3)38-31)37-26-14-10-22(17-28(26)36-5)8-12-24(33)18-23(32)11-7-21-9-13-25(34)27(16-21)35-4/h6-14,16-18,29,33-34H,15,19H2,1-5H3. The van der Waals surface area contributed by atoms with Gasteiger partial charge in [0.05, 0.1) is 19.8 Å². The maximum Gasteiger partial charge on any atom is 0.182 e. The number of phenolic OH excluding ortho intramolecular Hbond substituents is 1. The first-order valence-electron chi connectivity index (χ1n) is 12.4. The largest absolute Gasteiger partial charge is 0.508 e. The average molecular weight is 519 g/mol. The lowest BCUT2D eigenvalue weighted by Crippen LogP contribution is -2.41. The first kappa shape index (κ1) is 27.1. The number of methoxy groups -OCH3 is 2. The van der Waals surface area contributed by atoms with Crippen molar-refractivity contribution in [1.82, 2.24) is 0 Å². The van der Waals surface area contributed by atoms with Gasteiger partial charge in [0.2, 0.25) is 0 Å². The van der Waals surface area contributed by atoms with E-state index in [9.17, 15) is 15.0 Å². The fourth-order valence-electron chi connectivity index (χ4n) is 4.81. The number of rotatable bonds is 9. The maximum absolute atomic E-state index is 12.2. The van der Waals surface area contributed by atoms with Gasteiger partial charge in [-0.05, 0) is 68.3 Å². The summed E-state index contributed by atoms with van der Waals surface area (Å²) < 4.78 is 23.2. The number of hydrogen-bond donors (Lipinski definition) is 2. The zero-order valence-electron chi connectivity index (χ0n) is 22.4. The van der Waals surface area contributed by atoms with Crippen molar-refractivity contribution in [2.24, 2.45) is 0 Å². The van der Waals surface area contributed by atoms with Gasteiger partial charge < -0.3 is 29.2 Å². The quantitative estimate of drug-likeness (QED) is 0.134. The molecule has 1 spiro atoms.